The van der Waals surface area contributed by atoms with E-state index >= 15 is 0 Å². The highest BCUT2D eigenvalue weighted by Crippen LogP contribution is 2.42. The minimum absolute atomic E-state index is 0.0146. The van der Waals surface area contributed by atoms with Crippen LogP contribution in [0.3, 0.4) is 0 Å². The van der Waals surface area contributed by atoms with Gasteiger partial charge in [0.2, 0.25) is 5.91 Å². The molecule has 0 unspecified atom stereocenters. The average molecular weight is 394 g/mol. The lowest BCUT2D eigenvalue weighted by molar-refractivity contribution is -0.117. The lowest BCUT2D eigenvalue weighted by Gasteiger charge is -2.38. The van der Waals surface area contributed by atoms with E-state index in [1.165, 1.54) is 24.8 Å². The fourth-order valence-electron chi connectivity index (χ4n) is 4.22. The van der Waals surface area contributed by atoms with Gasteiger partial charge in [0.25, 0.3) is 0 Å². The number of ether oxygens (including phenoxy) is 2. The van der Waals surface area contributed by atoms with E-state index in [0.29, 0.717) is 6.54 Å². The van der Waals surface area contributed by atoms with Gasteiger partial charge in [0.05, 0.1) is 14.2 Å². The van der Waals surface area contributed by atoms with Gasteiger partial charge in [0, 0.05) is 17.5 Å². The Morgan fingerprint density at radius 2 is 1.69 bits per heavy atom. The van der Waals surface area contributed by atoms with Gasteiger partial charge in [-0.3, -0.25) is 4.79 Å². The minimum atomic E-state index is -0.0690. The zero-order valence-electron chi connectivity index (χ0n) is 17.7. The van der Waals surface area contributed by atoms with Crippen LogP contribution in [-0.2, 0) is 10.2 Å². The summed E-state index contributed by atoms with van der Waals surface area (Å²) in [6.07, 6.45) is 7.63. The van der Waals surface area contributed by atoms with Crippen molar-refractivity contribution in [2.45, 2.75) is 44.4 Å². The summed E-state index contributed by atoms with van der Waals surface area (Å²) in [6, 6.07) is 16.1. The molecule has 0 atom stereocenters. The largest absolute Gasteiger partial charge is 0.493 e. The molecule has 2 aromatic carbocycles. The van der Waals surface area contributed by atoms with Crippen molar-refractivity contribution < 1.29 is 14.3 Å². The third-order valence-corrected chi connectivity index (χ3v) is 5.93. The summed E-state index contributed by atoms with van der Waals surface area (Å²) in [6.45, 7) is 2.49. The van der Waals surface area contributed by atoms with E-state index in [1.54, 1.807) is 14.2 Å². The number of benzene rings is 2. The SMILES string of the molecule is COc1ccc(C2(CNC(=O)C(C)=Cc3ccccc3)CCCCC2)cc1OC. The second kappa shape index (κ2) is 9.64. The number of rotatable bonds is 7. The van der Waals surface area contributed by atoms with Crippen molar-refractivity contribution in [2.24, 2.45) is 0 Å². The zero-order valence-corrected chi connectivity index (χ0v) is 17.7. The Labute approximate surface area is 173 Å². The molecule has 1 amide bonds. The van der Waals surface area contributed by atoms with E-state index in [4.69, 9.17) is 9.47 Å². The van der Waals surface area contributed by atoms with Gasteiger partial charge in [-0.1, -0.05) is 55.7 Å². The molecule has 29 heavy (non-hydrogen) atoms. The van der Waals surface area contributed by atoms with Crippen LogP contribution in [0.25, 0.3) is 6.08 Å². The fraction of sp³-hybridized carbons (Fsp3) is 0.400. The Morgan fingerprint density at radius 1 is 1.00 bits per heavy atom. The molecule has 0 bridgehead atoms. The molecule has 1 aliphatic rings. The first kappa shape index (κ1) is 21.0. The monoisotopic (exact) mass is 393 g/mol. The van der Waals surface area contributed by atoms with Crippen LogP contribution in [0.2, 0.25) is 0 Å². The molecule has 1 saturated carbocycles. The van der Waals surface area contributed by atoms with Gasteiger partial charge in [-0.2, -0.15) is 0 Å². The molecule has 0 radical (unpaired) electrons. The van der Waals surface area contributed by atoms with Crippen LogP contribution >= 0.6 is 0 Å². The van der Waals surface area contributed by atoms with E-state index in [1.807, 2.05) is 49.4 Å². The quantitative estimate of drug-likeness (QED) is 0.664. The first-order chi connectivity index (χ1) is 14.1. The number of carbonyl (C=O) groups excluding carboxylic acids is 1. The van der Waals surface area contributed by atoms with Gasteiger partial charge in [-0.15, -0.1) is 0 Å². The van der Waals surface area contributed by atoms with Crippen LogP contribution in [0.4, 0.5) is 0 Å². The van der Waals surface area contributed by atoms with E-state index in [2.05, 4.69) is 17.4 Å². The average Bonchev–Trinajstić information content (AvgIpc) is 2.78. The van der Waals surface area contributed by atoms with Crippen LogP contribution in [0.1, 0.15) is 50.2 Å². The van der Waals surface area contributed by atoms with Crippen molar-refractivity contribution in [3.05, 3.63) is 65.2 Å². The summed E-state index contributed by atoms with van der Waals surface area (Å²) in [5.74, 6) is 1.45. The molecule has 2 aromatic rings. The van der Waals surface area contributed by atoms with Gasteiger partial charge in [0.15, 0.2) is 11.5 Å². The Hall–Kier alpha value is -2.75. The van der Waals surface area contributed by atoms with Gasteiger partial charge >= 0.3 is 0 Å². The molecule has 4 nitrogen and oxygen atoms in total. The Balaban J connectivity index is 1.79. The van der Waals surface area contributed by atoms with Gasteiger partial charge < -0.3 is 14.8 Å². The zero-order chi connectivity index (χ0) is 20.7. The predicted molar refractivity (Wildman–Crippen MR) is 117 cm³/mol. The Kier molecular flexibility index (Phi) is 6.97. The van der Waals surface area contributed by atoms with Crippen LogP contribution in [0.15, 0.2) is 54.1 Å². The molecule has 0 spiro atoms. The molecule has 1 fully saturated rings. The summed E-state index contributed by atoms with van der Waals surface area (Å²) in [5, 5.41) is 3.20. The van der Waals surface area contributed by atoms with Gasteiger partial charge in [-0.05, 0) is 49.1 Å². The maximum Gasteiger partial charge on any atom is 0.246 e. The number of methoxy groups -OCH3 is 2. The lowest BCUT2D eigenvalue weighted by atomic mass is 9.69. The van der Waals surface area contributed by atoms with Crippen molar-refractivity contribution >= 4 is 12.0 Å². The topological polar surface area (TPSA) is 47.6 Å². The minimum Gasteiger partial charge on any atom is -0.493 e. The van der Waals surface area contributed by atoms with Crippen molar-refractivity contribution in [2.75, 3.05) is 20.8 Å². The Bertz CT molecular complexity index is 852. The van der Waals surface area contributed by atoms with Crippen molar-refractivity contribution in [1.29, 1.82) is 0 Å². The van der Waals surface area contributed by atoms with Crippen molar-refractivity contribution in [3.8, 4) is 11.5 Å². The lowest BCUT2D eigenvalue weighted by Crippen LogP contribution is -2.42. The second-order valence-electron chi connectivity index (χ2n) is 7.83. The highest BCUT2D eigenvalue weighted by molar-refractivity contribution is 5.97. The van der Waals surface area contributed by atoms with E-state index in [-0.39, 0.29) is 11.3 Å². The number of hydrogen-bond acceptors (Lipinski definition) is 3. The second-order valence-corrected chi connectivity index (χ2v) is 7.83. The van der Waals surface area contributed by atoms with Crippen molar-refractivity contribution in [3.63, 3.8) is 0 Å². The van der Waals surface area contributed by atoms with Crippen LogP contribution < -0.4 is 14.8 Å². The maximum atomic E-state index is 12.8. The van der Waals surface area contributed by atoms with Crippen LogP contribution in [-0.4, -0.2) is 26.7 Å². The molecule has 0 aromatic heterocycles. The molecule has 3 rings (SSSR count). The fourth-order valence-corrected chi connectivity index (χ4v) is 4.22. The summed E-state index contributed by atoms with van der Waals surface area (Å²) in [7, 11) is 3.31. The molecule has 154 valence electrons. The van der Waals surface area contributed by atoms with Gasteiger partial charge in [-0.25, -0.2) is 0 Å². The molecular weight excluding hydrogens is 362 g/mol. The number of amides is 1. The predicted octanol–water partition coefficient (Wildman–Crippen LogP) is 5.13. The third-order valence-electron chi connectivity index (χ3n) is 5.93. The molecule has 4 heteroatoms. The van der Waals surface area contributed by atoms with Crippen LogP contribution in [0, 0.1) is 0 Å². The van der Waals surface area contributed by atoms with Crippen LogP contribution in [0.5, 0.6) is 11.5 Å². The number of carbonyl (C=O) groups is 1. The standard InChI is InChI=1S/C25H31NO3/c1-19(16-20-10-6-4-7-11-20)24(27)26-18-25(14-8-5-9-15-25)21-12-13-22(28-2)23(17-21)29-3/h4,6-7,10-13,16-17H,5,8-9,14-15,18H2,1-3H3,(H,26,27). The van der Waals surface area contributed by atoms with E-state index < -0.39 is 0 Å². The molecule has 0 aliphatic heterocycles. The molecule has 1 aliphatic carbocycles. The number of nitrogens with one attached hydrogen (secondary N) is 1. The molecule has 0 saturated heterocycles. The first-order valence-electron chi connectivity index (χ1n) is 10.3. The maximum absolute atomic E-state index is 12.8. The molecule has 0 heterocycles. The summed E-state index contributed by atoms with van der Waals surface area (Å²) < 4.78 is 10.9. The summed E-state index contributed by atoms with van der Waals surface area (Å²) >= 11 is 0. The summed E-state index contributed by atoms with van der Waals surface area (Å²) in [5.41, 5.74) is 2.89. The Morgan fingerprint density at radius 3 is 2.34 bits per heavy atom. The summed E-state index contributed by atoms with van der Waals surface area (Å²) in [4.78, 5) is 12.8. The van der Waals surface area contributed by atoms with Gasteiger partial charge in [0.1, 0.15) is 0 Å². The molecule has 1 N–H and O–H groups in total. The first-order valence-corrected chi connectivity index (χ1v) is 10.3. The highest BCUT2D eigenvalue weighted by atomic mass is 16.5. The normalized spacial score (nSPS) is 16.2. The highest BCUT2D eigenvalue weighted by Gasteiger charge is 2.35. The number of hydrogen-bond donors (Lipinski definition) is 1. The molecular formula is C25H31NO3. The van der Waals surface area contributed by atoms with Crippen molar-refractivity contribution in [1.82, 2.24) is 5.32 Å². The van der Waals surface area contributed by atoms with E-state index in [9.17, 15) is 4.79 Å². The smallest absolute Gasteiger partial charge is 0.246 e. The third kappa shape index (κ3) is 5.00. The van der Waals surface area contributed by atoms with E-state index in [0.717, 1.165) is 35.5 Å².